The molecule has 0 N–H and O–H groups in total. The fourth-order valence-corrected chi connectivity index (χ4v) is 6.30. The summed E-state index contributed by atoms with van der Waals surface area (Å²) >= 11 is 0. The number of methoxy groups -OCH3 is 2. The number of aromatic nitrogens is 2. The first-order valence-corrected chi connectivity index (χ1v) is 12.4. The third-order valence-electron chi connectivity index (χ3n) is 5.11. The Morgan fingerprint density at radius 3 is 1.59 bits per heavy atom. The summed E-state index contributed by atoms with van der Waals surface area (Å²) in [5, 5.41) is 0. The number of benzene rings is 3. The Balaban J connectivity index is 1.90. The molecule has 0 atom stereocenters. The molecule has 0 amide bonds. The highest BCUT2D eigenvalue weighted by Gasteiger charge is 2.28. The Hall–Kier alpha value is -3.37. The molecule has 0 aliphatic carbocycles. The molecule has 1 heterocycles. The van der Waals surface area contributed by atoms with Gasteiger partial charge in [-0.3, -0.25) is 0 Å². The summed E-state index contributed by atoms with van der Waals surface area (Å²) in [7, 11) is -3.31. The summed E-state index contributed by atoms with van der Waals surface area (Å²) in [4.78, 5) is 4.21. The number of hydrogen-bond donors (Lipinski definition) is 0. The lowest BCUT2D eigenvalue weighted by atomic mass is 10.3. The molecule has 0 saturated carbocycles. The minimum absolute atomic E-state index is 0.0358. The third-order valence-corrected chi connectivity index (χ3v) is 8.71. The van der Waals surface area contributed by atoms with Crippen LogP contribution in [0.25, 0.3) is 11.0 Å². The summed E-state index contributed by atoms with van der Waals surface area (Å²) in [6.07, 6.45) is 1.39. The van der Waals surface area contributed by atoms with Crippen LogP contribution in [0.4, 0.5) is 0 Å². The van der Waals surface area contributed by atoms with Crippen molar-refractivity contribution in [1.82, 2.24) is 9.55 Å². The predicted octanol–water partition coefficient (Wildman–Crippen LogP) is 3.26. The summed E-state index contributed by atoms with van der Waals surface area (Å²) < 4.78 is 65.0. The topological polar surface area (TPSA) is 105 Å². The van der Waals surface area contributed by atoms with E-state index >= 15 is 0 Å². The van der Waals surface area contributed by atoms with Gasteiger partial charge in [0.15, 0.2) is 0 Å². The van der Waals surface area contributed by atoms with Gasteiger partial charge < -0.3 is 14.0 Å². The van der Waals surface area contributed by atoms with E-state index in [4.69, 9.17) is 9.47 Å². The molecular formula is C22H20N2O6S2. The van der Waals surface area contributed by atoms with E-state index in [1.807, 2.05) is 0 Å². The lowest BCUT2D eigenvalue weighted by Crippen LogP contribution is -2.08. The number of hydrogen-bond acceptors (Lipinski definition) is 7. The standard InChI is InChI=1S/C22H20N2O6S2/c1-24-14-23-21-19(31(25,26)17-8-4-15(29-2)5-9-17)12-13-20(22(21)24)32(27,28)18-10-6-16(30-3)7-11-18/h4-14H,1-3H3. The quantitative estimate of drug-likeness (QED) is 0.424. The van der Waals surface area contributed by atoms with Crippen LogP contribution < -0.4 is 9.47 Å². The molecule has 0 unspecified atom stereocenters. The number of nitrogens with zero attached hydrogens (tertiary/aromatic N) is 2. The molecule has 3 aromatic carbocycles. The second-order valence-electron chi connectivity index (χ2n) is 6.97. The molecule has 1 aromatic heterocycles. The monoisotopic (exact) mass is 472 g/mol. The van der Waals surface area contributed by atoms with E-state index in [1.165, 1.54) is 61.5 Å². The van der Waals surface area contributed by atoms with Gasteiger partial charge in [0.25, 0.3) is 0 Å². The van der Waals surface area contributed by atoms with Crippen molar-refractivity contribution in [3.63, 3.8) is 0 Å². The number of rotatable bonds is 6. The van der Waals surface area contributed by atoms with Gasteiger partial charge >= 0.3 is 0 Å². The fourth-order valence-electron chi connectivity index (χ4n) is 3.41. The van der Waals surface area contributed by atoms with Crippen molar-refractivity contribution < 1.29 is 26.3 Å². The van der Waals surface area contributed by atoms with E-state index in [9.17, 15) is 16.8 Å². The maximum Gasteiger partial charge on any atom is 0.208 e. The first-order valence-electron chi connectivity index (χ1n) is 9.42. The molecule has 0 bridgehead atoms. The van der Waals surface area contributed by atoms with Crippen LogP contribution >= 0.6 is 0 Å². The van der Waals surface area contributed by atoms with Crippen LogP contribution in [0.1, 0.15) is 0 Å². The average molecular weight is 473 g/mol. The summed E-state index contributed by atoms with van der Waals surface area (Å²) in [6, 6.07) is 14.5. The summed E-state index contributed by atoms with van der Waals surface area (Å²) in [5.41, 5.74) is 0.285. The third kappa shape index (κ3) is 3.51. The maximum atomic E-state index is 13.4. The van der Waals surface area contributed by atoms with Gasteiger partial charge in [0.2, 0.25) is 19.7 Å². The summed E-state index contributed by atoms with van der Waals surface area (Å²) in [6.45, 7) is 0. The minimum atomic E-state index is -3.96. The highest BCUT2D eigenvalue weighted by molar-refractivity contribution is 7.92. The largest absolute Gasteiger partial charge is 0.497 e. The SMILES string of the molecule is COc1ccc(S(=O)(=O)c2ccc(S(=O)(=O)c3ccc(OC)cc3)c3c2ncn3C)cc1. The van der Waals surface area contributed by atoms with Gasteiger partial charge in [-0.1, -0.05) is 0 Å². The zero-order chi connectivity index (χ0) is 23.1. The molecule has 8 nitrogen and oxygen atoms in total. The highest BCUT2D eigenvalue weighted by atomic mass is 32.2. The predicted molar refractivity (Wildman–Crippen MR) is 118 cm³/mol. The van der Waals surface area contributed by atoms with E-state index < -0.39 is 19.7 Å². The first kappa shape index (κ1) is 21.8. The Kier molecular flexibility index (Phi) is 5.43. The number of aryl methyl sites for hydroxylation is 1. The van der Waals surface area contributed by atoms with Gasteiger partial charge in [-0.2, -0.15) is 0 Å². The maximum absolute atomic E-state index is 13.4. The molecule has 0 aliphatic heterocycles. The second kappa shape index (κ2) is 7.95. The Bertz CT molecular complexity index is 1510. The van der Waals surface area contributed by atoms with Crippen molar-refractivity contribution in [2.45, 2.75) is 19.6 Å². The van der Waals surface area contributed by atoms with Crippen molar-refractivity contribution in [3.05, 3.63) is 67.0 Å². The number of ether oxygens (including phenoxy) is 2. The van der Waals surface area contributed by atoms with Crippen molar-refractivity contribution in [3.8, 4) is 11.5 Å². The molecule has 0 spiro atoms. The molecule has 32 heavy (non-hydrogen) atoms. The number of imidazole rings is 1. The van der Waals surface area contributed by atoms with Crippen molar-refractivity contribution >= 4 is 30.7 Å². The van der Waals surface area contributed by atoms with Crippen LogP contribution in [0.2, 0.25) is 0 Å². The van der Waals surface area contributed by atoms with Crippen LogP contribution in [-0.4, -0.2) is 40.6 Å². The van der Waals surface area contributed by atoms with Gasteiger partial charge in [0.05, 0.1) is 45.6 Å². The van der Waals surface area contributed by atoms with Crippen molar-refractivity contribution in [2.24, 2.45) is 7.05 Å². The molecule has 0 aliphatic rings. The smallest absolute Gasteiger partial charge is 0.208 e. The van der Waals surface area contributed by atoms with E-state index in [-0.39, 0.29) is 30.6 Å². The molecule has 0 fully saturated rings. The van der Waals surface area contributed by atoms with Crippen molar-refractivity contribution in [2.75, 3.05) is 14.2 Å². The van der Waals surface area contributed by atoms with Gasteiger partial charge in [-0.05, 0) is 60.7 Å². The number of fused-ring (bicyclic) bond motifs is 1. The zero-order valence-corrected chi connectivity index (χ0v) is 19.1. The van der Waals surface area contributed by atoms with Crippen LogP contribution in [-0.2, 0) is 26.7 Å². The van der Waals surface area contributed by atoms with E-state index in [1.54, 1.807) is 31.3 Å². The normalized spacial score (nSPS) is 12.1. The number of sulfone groups is 2. The molecule has 166 valence electrons. The summed E-state index contributed by atoms with van der Waals surface area (Å²) in [5.74, 6) is 1.04. The molecule has 0 saturated heterocycles. The molecule has 4 aromatic rings. The Labute approximate surface area is 185 Å². The Morgan fingerprint density at radius 1 is 0.688 bits per heavy atom. The van der Waals surface area contributed by atoms with Crippen LogP contribution in [0.5, 0.6) is 11.5 Å². The fraction of sp³-hybridized carbons (Fsp3) is 0.136. The molecule has 10 heteroatoms. The molecule has 4 rings (SSSR count). The first-order chi connectivity index (χ1) is 15.2. The Morgan fingerprint density at radius 2 is 1.12 bits per heavy atom. The van der Waals surface area contributed by atoms with Crippen LogP contribution in [0.15, 0.2) is 86.6 Å². The highest BCUT2D eigenvalue weighted by Crippen LogP contribution is 2.34. The van der Waals surface area contributed by atoms with Gasteiger partial charge in [0.1, 0.15) is 17.0 Å². The molecular weight excluding hydrogens is 452 g/mol. The lowest BCUT2D eigenvalue weighted by molar-refractivity contribution is 0.414. The lowest BCUT2D eigenvalue weighted by Gasteiger charge is -2.11. The second-order valence-corrected chi connectivity index (χ2v) is 10.8. The van der Waals surface area contributed by atoms with Gasteiger partial charge in [-0.25, -0.2) is 21.8 Å². The van der Waals surface area contributed by atoms with Crippen molar-refractivity contribution in [1.29, 1.82) is 0 Å². The van der Waals surface area contributed by atoms with E-state index in [0.717, 1.165) is 0 Å². The molecule has 0 radical (unpaired) electrons. The minimum Gasteiger partial charge on any atom is -0.497 e. The van der Waals surface area contributed by atoms with Crippen LogP contribution in [0, 0.1) is 0 Å². The average Bonchev–Trinajstić information content (AvgIpc) is 3.20. The van der Waals surface area contributed by atoms with E-state index in [2.05, 4.69) is 4.98 Å². The zero-order valence-electron chi connectivity index (χ0n) is 17.5. The van der Waals surface area contributed by atoms with Gasteiger partial charge in [0, 0.05) is 7.05 Å². The van der Waals surface area contributed by atoms with E-state index in [0.29, 0.717) is 11.5 Å². The van der Waals surface area contributed by atoms with Gasteiger partial charge in [-0.15, -0.1) is 0 Å². The van der Waals surface area contributed by atoms with Crippen LogP contribution in [0.3, 0.4) is 0 Å².